The zero-order valence-electron chi connectivity index (χ0n) is 13.6. The first-order chi connectivity index (χ1) is 11.5. The molecule has 1 aromatic rings. The van der Waals surface area contributed by atoms with Crippen LogP contribution in [0.1, 0.15) is 38.5 Å². The molecule has 0 spiro atoms. The predicted octanol–water partition coefficient (Wildman–Crippen LogP) is 2.71. The van der Waals surface area contributed by atoms with Crippen molar-refractivity contribution in [1.29, 1.82) is 0 Å². The van der Waals surface area contributed by atoms with Crippen LogP contribution in [-0.2, 0) is 9.59 Å². The topological polar surface area (TPSA) is 71.1 Å². The molecular formula is C18H22ClN3O2. The predicted molar refractivity (Wildman–Crippen MR) is 91.6 cm³/mol. The average molecular weight is 348 g/mol. The number of anilines is 1. The summed E-state index contributed by atoms with van der Waals surface area (Å²) in [5.74, 6) is 1.37. The maximum absolute atomic E-state index is 12.8. The smallest absolute Gasteiger partial charge is 0.244 e. The van der Waals surface area contributed by atoms with Crippen molar-refractivity contribution in [2.75, 3.05) is 11.9 Å². The van der Waals surface area contributed by atoms with Gasteiger partial charge in [0.15, 0.2) is 0 Å². The van der Waals surface area contributed by atoms with Crippen molar-refractivity contribution in [3.8, 4) is 0 Å². The van der Waals surface area contributed by atoms with Gasteiger partial charge in [-0.1, -0.05) is 6.07 Å². The van der Waals surface area contributed by atoms with Gasteiger partial charge in [-0.3, -0.25) is 9.59 Å². The lowest BCUT2D eigenvalue weighted by Gasteiger charge is -2.59. The molecule has 0 aromatic carbocycles. The first-order valence-corrected chi connectivity index (χ1v) is 9.02. The van der Waals surface area contributed by atoms with Gasteiger partial charge in [-0.25, -0.2) is 4.98 Å². The standard InChI is InChI=1S/C18H22ClN3O2/c19-18-8-12-5-13(9-18)7-17(6-12,11-18)16(24)21-10-15(23)22-14-3-1-2-4-20-14/h1-4,12-13H,5-11H2,(H,21,24)(H,20,22,23). The second-order valence-corrected chi connectivity index (χ2v) is 8.64. The van der Waals surface area contributed by atoms with E-state index in [0.717, 1.165) is 32.1 Å². The minimum Gasteiger partial charge on any atom is -0.347 e. The first kappa shape index (κ1) is 15.9. The fourth-order valence-electron chi connectivity index (χ4n) is 5.39. The van der Waals surface area contributed by atoms with E-state index in [1.54, 1.807) is 24.4 Å². The van der Waals surface area contributed by atoms with Crippen molar-refractivity contribution >= 4 is 29.2 Å². The Kier molecular flexibility index (Phi) is 3.79. The number of hydrogen-bond donors (Lipinski definition) is 2. The molecule has 5 rings (SSSR count). The highest BCUT2D eigenvalue weighted by Gasteiger charge is 2.59. The van der Waals surface area contributed by atoms with Crippen LogP contribution >= 0.6 is 11.6 Å². The fraction of sp³-hybridized carbons (Fsp3) is 0.611. The van der Waals surface area contributed by atoms with Crippen molar-refractivity contribution < 1.29 is 9.59 Å². The molecule has 5 nitrogen and oxygen atoms in total. The summed E-state index contributed by atoms with van der Waals surface area (Å²) in [5.41, 5.74) is -0.364. The molecule has 2 amide bonds. The van der Waals surface area contributed by atoms with E-state index in [4.69, 9.17) is 11.6 Å². The number of hydrogen-bond acceptors (Lipinski definition) is 3. The summed E-state index contributed by atoms with van der Waals surface area (Å²) in [7, 11) is 0. The number of nitrogens with one attached hydrogen (secondary N) is 2. The molecule has 6 heteroatoms. The molecule has 1 heterocycles. The Balaban J connectivity index is 1.37. The maximum atomic E-state index is 12.8. The van der Waals surface area contributed by atoms with E-state index in [-0.39, 0.29) is 28.6 Å². The number of halogens is 1. The summed E-state index contributed by atoms with van der Waals surface area (Å²) in [5, 5.41) is 5.53. The third-order valence-corrected chi connectivity index (χ3v) is 6.26. The second-order valence-electron chi connectivity index (χ2n) is 7.84. The van der Waals surface area contributed by atoms with Crippen LogP contribution in [0.4, 0.5) is 5.82 Å². The van der Waals surface area contributed by atoms with Gasteiger partial charge in [0.25, 0.3) is 0 Å². The maximum Gasteiger partial charge on any atom is 0.244 e. The number of rotatable bonds is 4. The first-order valence-electron chi connectivity index (χ1n) is 8.65. The van der Waals surface area contributed by atoms with Crippen LogP contribution in [0.5, 0.6) is 0 Å². The molecular weight excluding hydrogens is 326 g/mol. The molecule has 2 unspecified atom stereocenters. The second kappa shape index (κ2) is 5.73. The highest BCUT2D eigenvalue weighted by atomic mass is 35.5. The summed E-state index contributed by atoms with van der Waals surface area (Å²) < 4.78 is 0. The van der Waals surface area contributed by atoms with Crippen molar-refractivity contribution in [2.24, 2.45) is 17.3 Å². The monoisotopic (exact) mass is 347 g/mol. The molecule has 24 heavy (non-hydrogen) atoms. The van der Waals surface area contributed by atoms with Crippen LogP contribution in [-0.4, -0.2) is 28.2 Å². The lowest BCUT2D eigenvalue weighted by molar-refractivity contribution is -0.145. The number of carbonyl (C=O) groups excluding carboxylic acids is 2. The molecule has 4 aliphatic carbocycles. The summed E-state index contributed by atoms with van der Waals surface area (Å²) >= 11 is 6.77. The number of aromatic nitrogens is 1. The average Bonchev–Trinajstić information content (AvgIpc) is 2.51. The number of nitrogens with zero attached hydrogens (tertiary/aromatic N) is 1. The fourth-order valence-corrected chi connectivity index (χ4v) is 6.08. The van der Waals surface area contributed by atoms with Gasteiger partial charge in [-0.05, 0) is 62.5 Å². The molecule has 2 atom stereocenters. The minimum atomic E-state index is -0.364. The quantitative estimate of drug-likeness (QED) is 0.823. The SMILES string of the molecule is O=C(CNC(=O)C12CC3CC(CC(Cl)(C3)C1)C2)Nc1ccccn1. The van der Waals surface area contributed by atoms with Crippen molar-refractivity contribution in [3.63, 3.8) is 0 Å². The Labute approximate surface area is 146 Å². The van der Waals surface area contributed by atoms with E-state index in [9.17, 15) is 9.59 Å². The minimum absolute atomic E-state index is 0.00204. The molecule has 0 saturated heterocycles. The number of amides is 2. The molecule has 128 valence electrons. The van der Waals surface area contributed by atoms with E-state index in [2.05, 4.69) is 15.6 Å². The van der Waals surface area contributed by atoms with E-state index < -0.39 is 0 Å². The lowest BCUT2D eigenvalue weighted by Crippen LogP contribution is -2.58. The number of carbonyl (C=O) groups is 2. The third kappa shape index (κ3) is 2.90. The van der Waals surface area contributed by atoms with Gasteiger partial charge in [0, 0.05) is 11.1 Å². The molecule has 2 N–H and O–H groups in total. The zero-order valence-corrected chi connectivity index (χ0v) is 14.3. The largest absolute Gasteiger partial charge is 0.347 e. The van der Waals surface area contributed by atoms with Crippen LogP contribution < -0.4 is 10.6 Å². The summed E-state index contributed by atoms with van der Waals surface area (Å²) in [4.78, 5) is 28.7. The van der Waals surface area contributed by atoms with Crippen LogP contribution in [0.25, 0.3) is 0 Å². The Morgan fingerprint density at radius 3 is 2.58 bits per heavy atom. The van der Waals surface area contributed by atoms with Gasteiger partial charge in [-0.15, -0.1) is 11.6 Å². The summed E-state index contributed by atoms with van der Waals surface area (Å²) in [6.07, 6.45) is 7.51. The Morgan fingerprint density at radius 2 is 1.96 bits per heavy atom. The summed E-state index contributed by atoms with van der Waals surface area (Å²) in [6, 6.07) is 5.30. The normalized spacial score (nSPS) is 36.4. The molecule has 4 fully saturated rings. The van der Waals surface area contributed by atoms with Crippen LogP contribution in [0.15, 0.2) is 24.4 Å². The summed E-state index contributed by atoms with van der Waals surface area (Å²) in [6.45, 7) is -0.0260. The van der Waals surface area contributed by atoms with Gasteiger partial charge in [0.1, 0.15) is 5.82 Å². The molecule has 0 aliphatic heterocycles. The van der Waals surface area contributed by atoms with Crippen molar-refractivity contribution in [1.82, 2.24) is 10.3 Å². The van der Waals surface area contributed by atoms with E-state index >= 15 is 0 Å². The van der Waals surface area contributed by atoms with E-state index in [1.165, 1.54) is 6.42 Å². The molecule has 0 radical (unpaired) electrons. The highest BCUT2D eigenvalue weighted by molar-refractivity contribution is 6.24. The molecule has 4 bridgehead atoms. The van der Waals surface area contributed by atoms with Gasteiger partial charge in [0.05, 0.1) is 12.0 Å². The van der Waals surface area contributed by atoms with Crippen LogP contribution in [0.2, 0.25) is 0 Å². The van der Waals surface area contributed by atoms with E-state index in [1.807, 2.05) is 0 Å². The Morgan fingerprint density at radius 1 is 1.21 bits per heavy atom. The lowest BCUT2D eigenvalue weighted by atomic mass is 9.49. The number of pyridine rings is 1. The van der Waals surface area contributed by atoms with Gasteiger partial charge in [-0.2, -0.15) is 0 Å². The van der Waals surface area contributed by atoms with Crippen LogP contribution in [0, 0.1) is 17.3 Å². The molecule has 1 aromatic heterocycles. The zero-order chi connectivity index (χ0) is 16.8. The Hall–Kier alpha value is -1.62. The molecule has 4 aliphatic rings. The highest BCUT2D eigenvalue weighted by Crippen LogP contribution is 2.63. The van der Waals surface area contributed by atoms with Gasteiger partial charge in [0.2, 0.25) is 11.8 Å². The Bertz CT molecular complexity index is 649. The van der Waals surface area contributed by atoms with Crippen LogP contribution in [0.3, 0.4) is 0 Å². The molecule has 4 saturated carbocycles. The van der Waals surface area contributed by atoms with Crippen molar-refractivity contribution in [3.05, 3.63) is 24.4 Å². The van der Waals surface area contributed by atoms with Gasteiger partial charge < -0.3 is 10.6 Å². The van der Waals surface area contributed by atoms with Gasteiger partial charge >= 0.3 is 0 Å². The third-order valence-electron chi connectivity index (χ3n) is 5.81. The van der Waals surface area contributed by atoms with E-state index in [0.29, 0.717) is 17.7 Å². The van der Waals surface area contributed by atoms with Crippen molar-refractivity contribution in [2.45, 2.75) is 43.4 Å². The number of alkyl halides is 1.